The van der Waals surface area contributed by atoms with E-state index in [-0.39, 0.29) is 30.4 Å². The number of alkyl halides is 3. The zero-order chi connectivity index (χ0) is 36.3. The van der Waals surface area contributed by atoms with Crippen LogP contribution in [-0.4, -0.2) is 105 Å². The van der Waals surface area contributed by atoms with Gasteiger partial charge in [-0.2, -0.15) is 13.2 Å². The summed E-state index contributed by atoms with van der Waals surface area (Å²) in [6.07, 6.45) is 3.63. The number of aliphatic carboxylic acids is 1. The summed E-state index contributed by atoms with van der Waals surface area (Å²) in [6, 6.07) is 11.8. The van der Waals surface area contributed by atoms with E-state index in [1.165, 1.54) is 18.9 Å². The molecule has 1 saturated carbocycles. The Hall–Kier alpha value is -3.35. The van der Waals surface area contributed by atoms with Gasteiger partial charge in [-0.25, -0.2) is 0 Å². The van der Waals surface area contributed by atoms with Crippen LogP contribution in [-0.2, 0) is 25.2 Å². The number of amides is 1. The Morgan fingerprint density at radius 1 is 0.922 bits per heavy atom. The number of likely N-dealkylation sites (tertiary alicyclic amines) is 2. The Morgan fingerprint density at radius 2 is 1.61 bits per heavy atom. The van der Waals surface area contributed by atoms with Crippen LogP contribution in [0, 0.1) is 5.92 Å². The largest absolute Gasteiger partial charge is 0.497 e. The number of piperidine rings is 1. The normalized spacial score (nSPS) is 27.1. The van der Waals surface area contributed by atoms with E-state index < -0.39 is 29.2 Å². The van der Waals surface area contributed by atoms with Crippen LogP contribution in [0.15, 0.2) is 42.5 Å². The molecule has 0 bridgehead atoms. The summed E-state index contributed by atoms with van der Waals surface area (Å²) in [4.78, 5) is 33.1. The number of methoxy groups -OCH3 is 3. The predicted octanol–water partition coefficient (Wildman–Crippen LogP) is 6.55. The van der Waals surface area contributed by atoms with E-state index in [9.17, 15) is 23.1 Å². The highest BCUT2D eigenvalue weighted by atomic mass is 19.4. The molecule has 2 aromatic carbocycles. The van der Waals surface area contributed by atoms with Crippen LogP contribution in [0.4, 0.5) is 18.9 Å². The quantitative estimate of drug-likeness (QED) is 0.277. The van der Waals surface area contributed by atoms with Gasteiger partial charge in [0.05, 0.1) is 31.2 Å². The van der Waals surface area contributed by atoms with Crippen molar-refractivity contribution in [3.05, 3.63) is 59.2 Å². The molecule has 3 saturated heterocycles. The third kappa shape index (κ3) is 7.74. The highest BCUT2D eigenvalue weighted by Crippen LogP contribution is 2.46. The number of benzene rings is 2. The Balaban J connectivity index is 1.34. The Morgan fingerprint density at radius 3 is 2.20 bits per heavy atom. The minimum atomic E-state index is -4.53. The van der Waals surface area contributed by atoms with Crippen molar-refractivity contribution >= 4 is 17.6 Å². The number of hydrogen-bond acceptors (Lipinski definition) is 7. The van der Waals surface area contributed by atoms with Crippen molar-refractivity contribution < 1.29 is 42.1 Å². The first-order valence-electron chi connectivity index (χ1n) is 18.4. The van der Waals surface area contributed by atoms with E-state index >= 15 is 4.79 Å². The lowest BCUT2D eigenvalue weighted by molar-refractivity contribution is -0.157. The minimum Gasteiger partial charge on any atom is -0.497 e. The van der Waals surface area contributed by atoms with E-state index in [2.05, 4.69) is 4.90 Å². The van der Waals surface area contributed by atoms with Crippen molar-refractivity contribution in [1.82, 2.24) is 9.80 Å². The summed E-state index contributed by atoms with van der Waals surface area (Å²) < 4.78 is 59.6. The zero-order valence-corrected chi connectivity index (χ0v) is 30.0. The van der Waals surface area contributed by atoms with Crippen molar-refractivity contribution in [2.75, 3.05) is 65.6 Å². The average Bonchev–Trinajstić information content (AvgIpc) is 3.63. The smallest absolute Gasteiger partial charge is 0.416 e. The summed E-state index contributed by atoms with van der Waals surface area (Å²) in [5, 5.41) is 9.55. The SMILES string of the molecule is COC[C@@H]1C[C@@H](c2ccc(C(F)(F)F)cc2N2CCC(C(=O)O)CC2)CN1C(=O)[C@]1(OC)CN(C2CCCCCC2)C[C@H]1c1ccc(OC)cc1. The molecule has 3 heterocycles. The Kier molecular flexibility index (Phi) is 11.5. The number of nitrogens with zero attached hydrogens (tertiary/aromatic N) is 3. The third-order valence-electron chi connectivity index (χ3n) is 12.0. The second kappa shape index (κ2) is 15.7. The van der Waals surface area contributed by atoms with Crippen molar-refractivity contribution in [3.63, 3.8) is 0 Å². The predicted molar refractivity (Wildman–Crippen MR) is 187 cm³/mol. The maximum absolute atomic E-state index is 15.2. The molecule has 51 heavy (non-hydrogen) atoms. The number of ether oxygens (including phenoxy) is 3. The van der Waals surface area contributed by atoms with Gasteiger partial charge in [-0.05, 0) is 67.5 Å². The van der Waals surface area contributed by atoms with Crippen molar-refractivity contribution in [2.45, 2.75) is 93.5 Å². The molecule has 0 aromatic heterocycles. The molecule has 9 nitrogen and oxygen atoms in total. The maximum Gasteiger partial charge on any atom is 0.416 e. The first-order chi connectivity index (χ1) is 24.5. The molecule has 6 rings (SSSR count). The maximum atomic E-state index is 15.2. The molecule has 1 aliphatic carbocycles. The minimum absolute atomic E-state index is 0.123. The van der Waals surface area contributed by atoms with Crippen molar-refractivity contribution in [3.8, 4) is 5.75 Å². The number of halogens is 3. The molecule has 4 atom stereocenters. The second-order valence-electron chi connectivity index (χ2n) is 14.9. The van der Waals surface area contributed by atoms with Gasteiger partial charge in [0, 0.05) is 70.5 Å². The van der Waals surface area contributed by atoms with Crippen molar-refractivity contribution in [1.29, 1.82) is 0 Å². The first-order valence-corrected chi connectivity index (χ1v) is 18.4. The number of carbonyl (C=O) groups excluding carboxylic acids is 1. The van der Waals surface area contributed by atoms with E-state index in [0.29, 0.717) is 63.7 Å². The number of carboxylic acid groups (broad SMARTS) is 1. The van der Waals surface area contributed by atoms with Crippen LogP contribution >= 0.6 is 0 Å². The Labute approximate surface area is 299 Å². The number of hydrogen-bond donors (Lipinski definition) is 1. The standard InChI is InChI=1S/C39H52F3N3O6/c1-49-24-31-20-28(33-15-12-29(39(40,41)42)21-35(33)43-18-16-27(17-19-43)36(46)47)22-45(31)37(48)38(51-3)25-44(30-8-6-4-5-7-9-30)23-34(38)26-10-13-32(50-2)14-11-26/h10-15,21,27-28,30-31,34H,4-9,16-20,22-25H2,1-3H3,(H,46,47)/t28-,31+,34+,38+/m1/s1. The van der Waals surface area contributed by atoms with Crippen LogP contribution in [0.1, 0.15) is 86.3 Å². The van der Waals surface area contributed by atoms with Gasteiger partial charge in [0.2, 0.25) is 0 Å². The molecule has 0 radical (unpaired) electrons. The van der Waals surface area contributed by atoms with E-state index in [0.717, 1.165) is 48.6 Å². The van der Waals surface area contributed by atoms with Gasteiger partial charge in [-0.3, -0.25) is 14.5 Å². The average molecular weight is 716 g/mol. The Bertz CT molecular complexity index is 1510. The molecule has 4 fully saturated rings. The fraction of sp³-hybridized carbons (Fsp3) is 0.641. The summed E-state index contributed by atoms with van der Waals surface area (Å²) in [5.74, 6) is -1.29. The summed E-state index contributed by atoms with van der Waals surface area (Å²) in [5.41, 5.74) is 0.269. The van der Waals surface area contributed by atoms with Crippen LogP contribution < -0.4 is 9.64 Å². The lowest BCUT2D eigenvalue weighted by Gasteiger charge is -2.38. The monoisotopic (exact) mass is 715 g/mol. The molecule has 1 N–H and O–H groups in total. The lowest BCUT2D eigenvalue weighted by atomic mass is 9.83. The number of anilines is 1. The first kappa shape index (κ1) is 37.4. The van der Waals surface area contributed by atoms with Crippen molar-refractivity contribution in [2.24, 2.45) is 5.92 Å². The zero-order valence-electron chi connectivity index (χ0n) is 30.0. The topological polar surface area (TPSA) is 91.8 Å². The van der Waals surface area contributed by atoms with E-state index in [4.69, 9.17) is 14.2 Å². The molecule has 4 aliphatic rings. The second-order valence-corrected chi connectivity index (χ2v) is 14.9. The molecule has 3 aliphatic heterocycles. The van der Waals surface area contributed by atoms with E-state index in [1.54, 1.807) is 27.4 Å². The summed E-state index contributed by atoms with van der Waals surface area (Å²) in [6.45, 7) is 2.40. The molecule has 2 aromatic rings. The molecule has 0 unspecified atom stereocenters. The summed E-state index contributed by atoms with van der Waals surface area (Å²) in [7, 11) is 4.85. The van der Waals surface area contributed by atoms with Crippen LogP contribution in [0.2, 0.25) is 0 Å². The molecular weight excluding hydrogens is 663 g/mol. The fourth-order valence-corrected chi connectivity index (χ4v) is 9.17. The summed E-state index contributed by atoms with van der Waals surface area (Å²) >= 11 is 0. The molecule has 280 valence electrons. The van der Waals surface area contributed by atoms with Gasteiger partial charge in [0.1, 0.15) is 5.75 Å². The highest BCUT2D eigenvalue weighted by molar-refractivity contribution is 5.88. The highest BCUT2D eigenvalue weighted by Gasteiger charge is 2.57. The van der Waals surface area contributed by atoms with Gasteiger partial charge < -0.3 is 29.1 Å². The fourth-order valence-electron chi connectivity index (χ4n) is 9.17. The number of rotatable bonds is 10. The molecular formula is C39H52F3N3O6. The van der Waals surface area contributed by atoms with Crippen LogP contribution in [0.5, 0.6) is 5.75 Å². The number of carboxylic acids is 1. The van der Waals surface area contributed by atoms with Crippen LogP contribution in [0.25, 0.3) is 0 Å². The lowest BCUT2D eigenvalue weighted by Crippen LogP contribution is -2.56. The van der Waals surface area contributed by atoms with E-state index in [1.807, 2.05) is 34.1 Å². The van der Waals surface area contributed by atoms with Gasteiger partial charge in [-0.1, -0.05) is 43.9 Å². The van der Waals surface area contributed by atoms with Gasteiger partial charge in [0.25, 0.3) is 5.91 Å². The van der Waals surface area contributed by atoms with Gasteiger partial charge >= 0.3 is 12.1 Å². The van der Waals surface area contributed by atoms with Crippen LogP contribution in [0.3, 0.4) is 0 Å². The molecule has 0 spiro atoms. The van der Waals surface area contributed by atoms with Gasteiger partial charge in [-0.15, -0.1) is 0 Å². The third-order valence-corrected chi connectivity index (χ3v) is 12.0. The molecule has 1 amide bonds. The van der Waals surface area contributed by atoms with Gasteiger partial charge in [0.15, 0.2) is 5.60 Å². The molecule has 12 heteroatoms. The number of carbonyl (C=O) groups is 2.